The number of allylic oxidation sites excluding steroid dienone is 1. The minimum absolute atomic E-state index is 0.393. The maximum absolute atomic E-state index is 9.28. The number of hydrogen-bond acceptors (Lipinski definition) is 3. The van der Waals surface area contributed by atoms with Crippen molar-refractivity contribution in [3.05, 3.63) is 23.5 Å². The molecule has 0 amide bonds. The third kappa shape index (κ3) is 4.49. The summed E-state index contributed by atoms with van der Waals surface area (Å²) in [6, 6.07) is 0.393. The molecular weight excluding hydrogens is 188 g/mol. The van der Waals surface area contributed by atoms with Gasteiger partial charge in [-0.05, 0) is 38.5 Å². The Morgan fingerprint density at radius 2 is 2.20 bits per heavy atom. The van der Waals surface area contributed by atoms with E-state index in [1.54, 1.807) is 0 Å². The van der Waals surface area contributed by atoms with Crippen LogP contribution in [0.5, 0.6) is 0 Å². The number of hydrogen-bond donors (Lipinski definition) is 3. The molecule has 0 aromatic carbocycles. The average molecular weight is 210 g/mol. The molecule has 0 fully saturated rings. The lowest BCUT2D eigenvalue weighted by molar-refractivity contribution is 0.417. The Hall–Kier alpha value is -0.800. The predicted molar refractivity (Wildman–Crippen MR) is 64.0 cm³/mol. The fourth-order valence-electron chi connectivity index (χ4n) is 1.70. The summed E-state index contributed by atoms with van der Waals surface area (Å²) < 4.78 is 0. The first kappa shape index (κ1) is 12.3. The second-order valence-electron chi connectivity index (χ2n) is 4.01. The quantitative estimate of drug-likeness (QED) is 0.585. The van der Waals surface area contributed by atoms with Gasteiger partial charge in [-0.15, -0.1) is 0 Å². The van der Waals surface area contributed by atoms with Crippen molar-refractivity contribution in [3.8, 4) is 0 Å². The van der Waals surface area contributed by atoms with E-state index < -0.39 is 0 Å². The van der Waals surface area contributed by atoms with E-state index in [4.69, 9.17) is 0 Å². The van der Waals surface area contributed by atoms with Crippen molar-refractivity contribution in [2.45, 2.75) is 32.7 Å². The second kappa shape index (κ2) is 6.64. The van der Waals surface area contributed by atoms with Gasteiger partial charge in [-0.3, -0.25) is 0 Å². The lowest BCUT2D eigenvalue weighted by atomic mass is 9.99. The summed E-state index contributed by atoms with van der Waals surface area (Å²) in [6.07, 6.45) is 5.77. The average Bonchev–Trinajstić information content (AvgIpc) is 2.20. The number of aliphatic hydroxyl groups excluding tert-OH is 1. The zero-order valence-electron chi connectivity index (χ0n) is 9.71. The van der Waals surface area contributed by atoms with Crippen LogP contribution in [0.25, 0.3) is 0 Å². The first-order chi connectivity index (χ1) is 7.24. The van der Waals surface area contributed by atoms with Gasteiger partial charge in [0.25, 0.3) is 0 Å². The first-order valence-corrected chi connectivity index (χ1v) is 5.75. The van der Waals surface area contributed by atoms with Gasteiger partial charge in [0.1, 0.15) is 5.76 Å². The van der Waals surface area contributed by atoms with Crippen molar-refractivity contribution in [1.82, 2.24) is 10.6 Å². The van der Waals surface area contributed by atoms with Crippen molar-refractivity contribution < 1.29 is 5.11 Å². The highest BCUT2D eigenvalue weighted by atomic mass is 16.3. The molecule has 3 heteroatoms. The van der Waals surface area contributed by atoms with Gasteiger partial charge in [0.05, 0.1) is 0 Å². The predicted octanol–water partition coefficient (Wildman–Crippen LogP) is 1.74. The fourth-order valence-corrected chi connectivity index (χ4v) is 1.70. The maximum Gasteiger partial charge on any atom is 0.111 e. The van der Waals surface area contributed by atoms with E-state index in [9.17, 15) is 5.11 Å². The standard InChI is InChI=1S/C12H22N2O/c1-3-6-13-7-8-14-12-5-4-11(15)9-10(12)2/h4,9,12-15H,3,5-8H2,1-2H3. The Balaban J connectivity index is 2.15. The Kier molecular flexibility index (Phi) is 5.43. The van der Waals surface area contributed by atoms with Crippen LogP contribution >= 0.6 is 0 Å². The van der Waals surface area contributed by atoms with E-state index in [1.807, 2.05) is 12.2 Å². The Morgan fingerprint density at radius 1 is 1.40 bits per heavy atom. The third-order valence-electron chi connectivity index (χ3n) is 2.61. The van der Waals surface area contributed by atoms with Crippen LogP contribution in [0, 0.1) is 0 Å². The molecule has 15 heavy (non-hydrogen) atoms. The summed E-state index contributed by atoms with van der Waals surface area (Å²) in [4.78, 5) is 0. The zero-order chi connectivity index (χ0) is 11.1. The van der Waals surface area contributed by atoms with Crippen LogP contribution in [-0.4, -0.2) is 30.8 Å². The normalized spacial score (nSPS) is 21.1. The SMILES string of the molecule is CCCNCCNC1CC=C(O)C=C1C. The summed E-state index contributed by atoms with van der Waals surface area (Å²) in [7, 11) is 0. The molecule has 0 aromatic heterocycles. The second-order valence-corrected chi connectivity index (χ2v) is 4.01. The Labute approximate surface area is 92.3 Å². The first-order valence-electron chi connectivity index (χ1n) is 5.75. The summed E-state index contributed by atoms with van der Waals surface area (Å²) in [6.45, 7) is 7.29. The molecule has 1 unspecified atom stereocenters. The lowest BCUT2D eigenvalue weighted by Gasteiger charge is -2.21. The van der Waals surface area contributed by atoms with Gasteiger partial charge in [0, 0.05) is 19.1 Å². The van der Waals surface area contributed by atoms with Crippen LogP contribution in [0.3, 0.4) is 0 Å². The molecule has 0 saturated heterocycles. The number of nitrogens with one attached hydrogen (secondary N) is 2. The molecule has 1 aliphatic carbocycles. The zero-order valence-corrected chi connectivity index (χ0v) is 9.71. The van der Waals surface area contributed by atoms with Crippen LogP contribution in [0.2, 0.25) is 0 Å². The molecule has 0 bridgehead atoms. The van der Waals surface area contributed by atoms with Crippen LogP contribution < -0.4 is 10.6 Å². The van der Waals surface area contributed by atoms with Crippen molar-refractivity contribution in [2.75, 3.05) is 19.6 Å². The molecule has 0 aromatic rings. The molecule has 1 atom stereocenters. The minimum atomic E-state index is 0.393. The van der Waals surface area contributed by atoms with Crippen LogP contribution in [0.15, 0.2) is 23.5 Å². The van der Waals surface area contributed by atoms with Crippen molar-refractivity contribution in [1.29, 1.82) is 0 Å². The van der Waals surface area contributed by atoms with Gasteiger partial charge >= 0.3 is 0 Å². The number of rotatable bonds is 6. The van der Waals surface area contributed by atoms with E-state index in [1.165, 1.54) is 12.0 Å². The van der Waals surface area contributed by atoms with Gasteiger partial charge < -0.3 is 15.7 Å². The molecule has 3 nitrogen and oxygen atoms in total. The fraction of sp³-hybridized carbons (Fsp3) is 0.667. The summed E-state index contributed by atoms with van der Waals surface area (Å²) in [5.41, 5.74) is 1.21. The maximum atomic E-state index is 9.28. The largest absolute Gasteiger partial charge is 0.508 e. The van der Waals surface area contributed by atoms with E-state index in [2.05, 4.69) is 24.5 Å². The van der Waals surface area contributed by atoms with Crippen molar-refractivity contribution >= 4 is 0 Å². The molecule has 1 rings (SSSR count). The van der Waals surface area contributed by atoms with E-state index in [0.717, 1.165) is 26.1 Å². The highest BCUT2D eigenvalue weighted by Gasteiger charge is 2.12. The molecule has 0 aliphatic heterocycles. The summed E-state index contributed by atoms with van der Waals surface area (Å²) >= 11 is 0. The molecule has 0 radical (unpaired) electrons. The topological polar surface area (TPSA) is 44.3 Å². The molecule has 0 saturated carbocycles. The van der Waals surface area contributed by atoms with Crippen LogP contribution in [0.1, 0.15) is 26.7 Å². The smallest absolute Gasteiger partial charge is 0.111 e. The van der Waals surface area contributed by atoms with Crippen LogP contribution in [-0.2, 0) is 0 Å². The van der Waals surface area contributed by atoms with Crippen molar-refractivity contribution in [2.24, 2.45) is 0 Å². The van der Waals surface area contributed by atoms with E-state index >= 15 is 0 Å². The van der Waals surface area contributed by atoms with Gasteiger partial charge in [-0.25, -0.2) is 0 Å². The van der Waals surface area contributed by atoms with E-state index in [-0.39, 0.29) is 0 Å². The Bertz CT molecular complexity index is 246. The third-order valence-corrected chi connectivity index (χ3v) is 2.61. The van der Waals surface area contributed by atoms with Gasteiger partial charge in [-0.1, -0.05) is 12.5 Å². The number of aliphatic hydroxyl groups is 1. The summed E-state index contributed by atoms with van der Waals surface area (Å²) in [5.74, 6) is 0.398. The molecule has 3 N–H and O–H groups in total. The van der Waals surface area contributed by atoms with Crippen molar-refractivity contribution in [3.63, 3.8) is 0 Å². The van der Waals surface area contributed by atoms with E-state index in [0.29, 0.717) is 11.8 Å². The molecule has 0 heterocycles. The van der Waals surface area contributed by atoms with Crippen LogP contribution in [0.4, 0.5) is 0 Å². The Morgan fingerprint density at radius 3 is 2.87 bits per heavy atom. The molecule has 86 valence electrons. The highest BCUT2D eigenvalue weighted by molar-refractivity contribution is 5.26. The minimum Gasteiger partial charge on any atom is -0.508 e. The monoisotopic (exact) mass is 210 g/mol. The summed E-state index contributed by atoms with van der Waals surface area (Å²) in [5, 5.41) is 16.1. The van der Waals surface area contributed by atoms with Gasteiger partial charge in [0.2, 0.25) is 0 Å². The molecule has 0 spiro atoms. The highest BCUT2D eigenvalue weighted by Crippen LogP contribution is 2.15. The van der Waals surface area contributed by atoms with Gasteiger partial charge in [-0.2, -0.15) is 0 Å². The molecule has 1 aliphatic rings. The lowest BCUT2D eigenvalue weighted by Crippen LogP contribution is -2.36. The van der Waals surface area contributed by atoms with Gasteiger partial charge in [0.15, 0.2) is 0 Å². The molecular formula is C12H22N2O.